The van der Waals surface area contributed by atoms with Crippen molar-refractivity contribution in [3.63, 3.8) is 0 Å². The summed E-state index contributed by atoms with van der Waals surface area (Å²) in [5, 5.41) is 9.75. The van der Waals surface area contributed by atoms with Crippen LogP contribution in [0.3, 0.4) is 0 Å². The van der Waals surface area contributed by atoms with Gasteiger partial charge >= 0.3 is 5.97 Å². The quantitative estimate of drug-likeness (QED) is 0.314. The van der Waals surface area contributed by atoms with Crippen LogP contribution in [0.25, 0.3) is 11.1 Å². The molecule has 0 bridgehead atoms. The molecular formula is C34H40N2O4. The molecule has 6 heteroatoms. The smallest absolute Gasteiger partial charge is 0.306 e. The molecule has 3 heterocycles. The number of aliphatic carboxylic acids is 1. The van der Waals surface area contributed by atoms with Crippen LogP contribution in [0.1, 0.15) is 80.2 Å². The molecule has 0 amide bonds. The Morgan fingerprint density at radius 1 is 1.12 bits per heavy atom. The average molecular weight is 541 g/mol. The minimum Gasteiger partial charge on any atom is -0.485 e. The van der Waals surface area contributed by atoms with Gasteiger partial charge in [0.05, 0.1) is 13.0 Å². The number of benzene rings is 2. The SMILES string of the molecule is COc1cc(-c2ccc(C3CCc4ccc([C@H](C5CC5)[C@H](C)C(=O)O)cc4O3)cc2CN2CCC[C@@H]2C)ccn1. The Morgan fingerprint density at radius 3 is 2.70 bits per heavy atom. The third-order valence-corrected chi connectivity index (χ3v) is 9.30. The lowest BCUT2D eigenvalue weighted by Gasteiger charge is -2.30. The number of rotatable bonds is 9. The van der Waals surface area contributed by atoms with Crippen LogP contribution in [-0.2, 0) is 17.8 Å². The Hall–Kier alpha value is -3.38. The number of aryl methyl sites for hydroxylation is 1. The van der Waals surface area contributed by atoms with Gasteiger partial charge in [-0.3, -0.25) is 9.69 Å². The average Bonchev–Trinajstić information content (AvgIpc) is 3.73. The number of fused-ring (bicyclic) bond motifs is 1. The Morgan fingerprint density at radius 2 is 1.98 bits per heavy atom. The zero-order valence-electron chi connectivity index (χ0n) is 23.8. The molecular weight excluding hydrogens is 500 g/mol. The maximum Gasteiger partial charge on any atom is 0.306 e. The van der Waals surface area contributed by atoms with Crippen LogP contribution in [0.4, 0.5) is 0 Å². The molecule has 2 aliphatic heterocycles. The van der Waals surface area contributed by atoms with Crippen LogP contribution in [0.15, 0.2) is 54.7 Å². The fourth-order valence-corrected chi connectivity index (χ4v) is 6.77. The number of aromatic nitrogens is 1. The Bertz CT molecular complexity index is 1380. The van der Waals surface area contributed by atoms with Crippen LogP contribution in [0, 0.1) is 11.8 Å². The van der Waals surface area contributed by atoms with Gasteiger partial charge in [0, 0.05) is 24.8 Å². The molecule has 1 saturated heterocycles. The number of carbonyl (C=O) groups is 1. The standard InChI is InChI=1S/C34H40N2O4/c1-21-5-4-16-36(21)20-28-17-26(10-12-29(28)25-14-15-35-32(19-25)39-3)30-13-11-23-6-9-27(18-31(23)40-30)33(24-7-8-24)22(2)34(37)38/h6,9-10,12,14-15,17-19,21-22,24,30,33H,4-5,7-8,11,13,16,20H2,1-3H3,(H,37,38)/t21-,22-,30?,33-/m0/s1. The maximum atomic E-state index is 11.9. The summed E-state index contributed by atoms with van der Waals surface area (Å²) < 4.78 is 12.1. The summed E-state index contributed by atoms with van der Waals surface area (Å²) in [7, 11) is 1.65. The van der Waals surface area contributed by atoms with Gasteiger partial charge in [-0.25, -0.2) is 4.98 Å². The first kappa shape index (κ1) is 26.8. The van der Waals surface area contributed by atoms with Crippen molar-refractivity contribution in [3.8, 4) is 22.8 Å². The minimum atomic E-state index is -0.722. The fraction of sp³-hybridized carbons (Fsp3) is 0.471. The van der Waals surface area contributed by atoms with Crippen molar-refractivity contribution in [1.29, 1.82) is 0 Å². The number of pyridine rings is 1. The van der Waals surface area contributed by atoms with Crippen molar-refractivity contribution in [1.82, 2.24) is 9.88 Å². The van der Waals surface area contributed by atoms with Crippen molar-refractivity contribution in [3.05, 3.63) is 77.0 Å². The summed E-state index contributed by atoms with van der Waals surface area (Å²) in [5.41, 5.74) is 7.12. The van der Waals surface area contributed by atoms with Gasteiger partial charge in [-0.05, 0) is 109 Å². The summed E-state index contributed by atoms with van der Waals surface area (Å²) in [6, 6.07) is 17.8. The zero-order valence-corrected chi connectivity index (χ0v) is 23.8. The van der Waals surface area contributed by atoms with E-state index in [1.165, 1.54) is 35.1 Å². The number of carboxylic acid groups (broad SMARTS) is 1. The highest BCUT2D eigenvalue weighted by molar-refractivity contribution is 5.71. The lowest BCUT2D eigenvalue weighted by Crippen LogP contribution is -2.26. The lowest BCUT2D eigenvalue weighted by atomic mass is 9.82. The third-order valence-electron chi connectivity index (χ3n) is 9.30. The molecule has 4 atom stereocenters. The predicted molar refractivity (Wildman–Crippen MR) is 156 cm³/mol. The van der Waals surface area contributed by atoms with Gasteiger partial charge < -0.3 is 14.6 Å². The summed E-state index contributed by atoms with van der Waals surface area (Å²) in [4.78, 5) is 18.8. The van der Waals surface area contributed by atoms with Gasteiger partial charge in [0.1, 0.15) is 11.9 Å². The molecule has 0 spiro atoms. The highest BCUT2D eigenvalue weighted by Crippen LogP contribution is 2.48. The van der Waals surface area contributed by atoms with Crippen molar-refractivity contribution < 1.29 is 19.4 Å². The molecule has 210 valence electrons. The van der Waals surface area contributed by atoms with E-state index in [0.717, 1.165) is 55.6 Å². The Balaban J connectivity index is 1.30. The van der Waals surface area contributed by atoms with E-state index in [1.54, 1.807) is 7.11 Å². The first-order valence-corrected chi connectivity index (χ1v) is 14.8. The van der Waals surface area contributed by atoms with E-state index in [4.69, 9.17) is 9.47 Å². The number of ether oxygens (including phenoxy) is 2. The van der Waals surface area contributed by atoms with Gasteiger partial charge in [-0.2, -0.15) is 0 Å². The third kappa shape index (κ3) is 5.46. The van der Waals surface area contributed by atoms with Crippen molar-refractivity contribution in [2.45, 2.75) is 77.0 Å². The molecule has 0 radical (unpaired) electrons. The van der Waals surface area contributed by atoms with E-state index in [0.29, 0.717) is 17.8 Å². The van der Waals surface area contributed by atoms with Crippen LogP contribution in [0.2, 0.25) is 0 Å². The van der Waals surface area contributed by atoms with E-state index in [1.807, 2.05) is 19.2 Å². The van der Waals surface area contributed by atoms with Gasteiger partial charge in [0.25, 0.3) is 0 Å². The highest BCUT2D eigenvalue weighted by atomic mass is 16.5. The van der Waals surface area contributed by atoms with E-state index in [-0.39, 0.29) is 12.0 Å². The number of hydrogen-bond acceptors (Lipinski definition) is 5. The summed E-state index contributed by atoms with van der Waals surface area (Å²) >= 11 is 0. The number of hydrogen-bond donors (Lipinski definition) is 1. The molecule has 6 nitrogen and oxygen atoms in total. The van der Waals surface area contributed by atoms with Gasteiger partial charge in [-0.1, -0.05) is 37.3 Å². The first-order valence-electron chi connectivity index (χ1n) is 14.8. The Kier molecular flexibility index (Phi) is 7.54. The molecule has 2 fully saturated rings. The minimum absolute atomic E-state index is 0.0326. The summed E-state index contributed by atoms with van der Waals surface area (Å²) in [5.74, 6) is 0.900. The van der Waals surface area contributed by atoms with Crippen LogP contribution in [0.5, 0.6) is 11.6 Å². The summed E-state index contributed by atoms with van der Waals surface area (Å²) in [6.45, 7) is 6.19. The fourth-order valence-electron chi connectivity index (χ4n) is 6.77. The molecule has 1 N–H and O–H groups in total. The van der Waals surface area contributed by atoms with E-state index < -0.39 is 11.9 Å². The molecule has 1 saturated carbocycles. The number of methoxy groups -OCH3 is 1. The maximum absolute atomic E-state index is 11.9. The second kappa shape index (κ2) is 11.2. The largest absolute Gasteiger partial charge is 0.485 e. The molecule has 3 aromatic rings. The first-order chi connectivity index (χ1) is 19.4. The highest BCUT2D eigenvalue weighted by Gasteiger charge is 2.39. The van der Waals surface area contributed by atoms with E-state index >= 15 is 0 Å². The molecule has 2 aromatic carbocycles. The van der Waals surface area contributed by atoms with E-state index in [9.17, 15) is 9.90 Å². The summed E-state index contributed by atoms with van der Waals surface area (Å²) in [6.07, 6.45) is 8.35. The van der Waals surface area contributed by atoms with Crippen LogP contribution >= 0.6 is 0 Å². The number of likely N-dealkylation sites (tertiary alicyclic amines) is 1. The van der Waals surface area contributed by atoms with E-state index in [2.05, 4.69) is 59.3 Å². The second-order valence-electron chi connectivity index (χ2n) is 12.0. The number of nitrogens with zero attached hydrogens (tertiary/aromatic N) is 2. The molecule has 6 rings (SSSR count). The van der Waals surface area contributed by atoms with Crippen LogP contribution < -0.4 is 9.47 Å². The molecule has 1 aromatic heterocycles. The second-order valence-corrected chi connectivity index (χ2v) is 12.0. The number of carboxylic acids is 1. The lowest BCUT2D eigenvalue weighted by molar-refractivity contribution is -0.142. The topological polar surface area (TPSA) is 71.9 Å². The van der Waals surface area contributed by atoms with Crippen LogP contribution in [-0.4, -0.2) is 40.7 Å². The molecule has 1 unspecified atom stereocenters. The molecule has 3 aliphatic rings. The van der Waals surface area contributed by atoms with Crippen molar-refractivity contribution in [2.75, 3.05) is 13.7 Å². The van der Waals surface area contributed by atoms with Gasteiger partial charge in [-0.15, -0.1) is 0 Å². The van der Waals surface area contributed by atoms with Crippen molar-refractivity contribution >= 4 is 5.97 Å². The molecule has 1 aliphatic carbocycles. The normalized spacial score (nSPS) is 22.3. The Labute approximate surface area is 237 Å². The van der Waals surface area contributed by atoms with Crippen molar-refractivity contribution in [2.24, 2.45) is 11.8 Å². The molecule has 40 heavy (non-hydrogen) atoms. The van der Waals surface area contributed by atoms with Gasteiger partial charge in [0.2, 0.25) is 5.88 Å². The predicted octanol–water partition coefficient (Wildman–Crippen LogP) is 7.02. The zero-order chi connectivity index (χ0) is 27.8. The monoisotopic (exact) mass is 540 g/mol. The van der Waals surface area contributed by atoms with Gasteiger partial charge in [0.15, 0.2) is 0 Å².